The van der Waals surface area contributed by atoms with E-state index in [-0.39, 0.29) is 10.8 Å². The summed E-state index contributed by atoms with van der Waals surface area (Å²) >= 11 is 0. The molecule has 0 aliphatic carbocycles. The maximum atomic E-state index is 13.1. The first-order chi connectivity index (χ1) is 13.3. The van der Waals surface area contributed by atoms with Crippen molar-refractivity contribution in [2.75, 3.05) is 44.1 Å². The van der Waals surface area contributed by atoms with Crippen molar-refractivity contribution in [2.24, 2.45) is 0 Å². The molecule has 1 fully saturated rings. The van der Waals surface area contributed by atoms with Crippen LogP contribution in [0, 0.1) is 6.92 Å². The van der Waals surface area contributed by atoms with Crippen LogP contribution in [0.3, 0.4) is 0 Å². The van der Waals surface area contributed by atoms with E-state index >= 15 is 0 Å². The first-order valence-electron chi connectivity index (χ1n) is 9.51. The van der Waals surface area contributed by atoms with Crippen LogP contribution in [0.4, 0.5) is 5.69 Å². The van der Waals surface area contributed by atoms with Gasteiger partial charge in [0, 0.05) is 38.8 Å². The molecule has 0 N–H and O–H groups in total. The molecule has 1 aliphatic rings. The number of sulfonamides is 1. The number of para-hydroxylation sites is 1. The van der Waals surface area contributed by atoms with Crippen molar-refractivity contribution < 1.29 is 13.2 Å². The summed E-state index contributed by atoms with van der Waals surface area (Å²) in [6.45, 7) is 7.96. The molecule has 1 saturated heterocycles. The first-order valence-corrected chi connectivity index (χ1v) is 10.9. The van der Waals surface area contributed by atoms with Gasteiger partial charge in [0.2, 0.25) is 0 Å². The lowest BCUT2D eigenvalue weighted by atomic mass is 10.2. The van der Waals surface area contributed by atoms with Crippen LogP contribution in [-0.4, -0.2) is 63.9 Å². The number of aryl methyl sites for hydroxylation is 1. The molecule has 0 bridgehead atoms. The summed E-state index contributed by atoms with van der Waals surface area (Å²) in [4.78, 5) is 17.1. The summed E-state index contributed by atoms with van der Waals surface area (Å²) in [6.07, 6.45) is 0. The number of carbonyl (C=O) groups excluding carboxylic acids is 1. The third-order valence-corrected chi connectivity index (χ3v) is 7.07. The zero-order chi connectivity index (χ0) is 20.3. The highest BCUT2D eigenvalue weighted by atomic mass is 32.2. The third kappa shape index (κ3) is 4.05. The lowest BCUT2D eigenvalue weighted by Gasteiger charge is -2.34. The predicted octanol–water partition coefficient (Wildman–Crippen LogP) is 2.60. The van der Waals surface area contributed by atoms with Gasteiger partial charge in [-0.15, -0.1) is 0 Å². The normalized spacial score (nSPS) is 15.5. The lowest BCUT2D eigenvalue weighted by molar-refractivity contribution is 0.0643. The van der Waals surface area contributed by atoms with Crippen molar-refractivity contribution in [3.05, 3.63) is 59.7 Å². The number of hydrogen-bond donors (Lipinski definition) is 0. The molecule has 2 aromatic carbocycles. The van der Waals surface area contributed by atoms with E-state index in [9.17, 15) is 13.2 Å². The molecule has 28 heavy (non-hydrogen) atoms. The Kier molecular flexibility index (Phi) is 6.05. The van der Waals surface area contributed by atoms with Gasteiger partial charge in [-0.1, -0.05) is 31.2 Å². The van der Waals surface area contributed by atoms with E-state index in [1.807, 2.05) is 25.1 Å². The van der Waals surface area contributed by atoms with E-state index < -0.39 is 10.0 Å². The Balaban J connectivity index is 1.84. The van der Waals surface area contributed by atoms with Gasteiger partial charge in [-0.3, -0.25) is 9.10 Å². The van der Waals surface area contributed by atoms with Crippen LogP contribution in [0.2, 0.25) is 0 Å². The third-order valence-electron chi connectivity index (χ3n) is 5.30. The Morgan fingerprint density at radius 2 is 1.71 bits per heavy atom. The monoisotopic (exact) mass is 401 g/mol. The minimum atomic E-state index is -3.76. The average molecular weight is 402 g/mol. The Hall–Kier alpha value is -2.38. The highest BCUT2D eigenvalue weighted by Gasteiger charge is 2.25. The molecule has 1 heterocycles. The topological polar surface area (TPSA) is 60.9 Å². The Morgan fingerprint density at radius 1 is 1.04 bits per heavy atom. The zero-order valence-electron chi connectivity index (χ0n) is 16.6. The molecular formula is C21H27N3O3S. The summed E-state index contributed by atoms with van der Waals surface area (Å²) in [5.41, 5.74) is 1.90. The van der Waals surface area contributed by atoms with Crippen LogP contribution >= 0.6 is 0 Å². The highest BCUT2D eigenvalue weighted by Crippen LogP contribution is 2.25. The summed E-state index contributed by atoms with van der Waals surface area (Å²) in [5.74, 6) is -0.119. The van der Waals surface area contributed by atoms with Gasteiger partial charge >= 0.3 is 0 Å². The predicted molar refractivity (Wildman–Crippen MR) is 111 cm³/mol. The van der Waals surface area contributed by atoms with Crippen molar-refractivity contribution in [1.82, 2.24) is 9.80 Å². The SMILES string of the molecule is CCN1CCN(C(=O)c2cccc(S(=O)(=O)N(C)c3ccccc3C)c2)CC1. The van der Waals surface area contributed by atoms with Gasteiger partial charge in [0.25, 0.3) is 15.9 Å². The Morgan fingerprint density at radius 3 is 2.36 bits per heavy atom. The van der Waals surface area contributed by atoms with Gasteiger partial charge in [0.1, 0.15) is 0 Å². The summed E-state index contributed by atoms with van der Waals surface area (Å²) in [7, 11) is -2.22. The molecule has 150 valence electrons. The minimum absolute atomic E-state index is 0.119. The van der Waals surface area contributed by atoms with Crippen molar-refractivity contribution >= 4 is 21.6 Å². The van der Waals surface area contributed by atoms with E-state index in [1.165, 1.54) is 23.5 Å². The quantitative estimate of drug-likeness (QED) is 0.773. The number of nitrogens with zero attached hydrogens (tertiary/aromatic N) is 3. The maximum Gasteiger partial charge on any atom is 0.264 e. The Labute approximate surface area is 167 Å². The molecule has 7 heteroatoms. The number of anilines is 1. The molecule has 0 unspecified atom stereocenters. The van der Waals surface area contributed by atoms with Gasteiger partial charge in [-0.25, -0.2) is 8.42 Å². The van der Waals surface area contributed by atoms with Crippen LogP contribution < -0.4 is 4.31 Å². The van der Waals surface area contributed by atoms with Gasteiger partial charge in [-0.05, 0) is 43.3 Å². The molecule has 0 radical (unpaired) electrons. The summed E-state index contributed by atoms with van der Waals surface area (Å²) in [5, 5.41) is 0. The second kappa shape index (κ2) is 8.32. The molecular weight excluding hydrogens is 374 g/mol. The van der Waals surface area contributed by atoms with Crippen molar-refractivity contribution in [1.29, 1.82) is 0 Å². The second-order valence-electron chi connectivity index (χ2n) is 7.01. The van der Waals surface area contributed by atoms with Crippen LogP contribution in [0.1, 0.15) is 22.8 Å². The molecule has 0 saturated carbocycles. The number of benzene rings is 2. The lowest BCUT2D eigenvalue weighted by Crippen LogP contribution is -2.48. The summed E-state index contributed by atoms with van der Waals surface area (Å²) in [6, 6.07) is 13.7. The first kappa shape index (κ1) is 20.4. The maximum absolute atomic E-state index is 13.1. The number of hydrogen-bond acceptors (Lipinski definition) is 4. The standard InChI is InChI=1S/C21H27N3O3S/c1-4-23-12-14-24(15-13-23)21(25)18-9-7-10-19(16-18)28(26,27)22(3)20-11-6-5-8-17(20)2/h5-11,16H,4,12-15H2,1-3H3. The highest BCUT2D eigenvalue weighted by molar-refractivity contribution is 7.92. The summed E-state index contributed by atoms with van der Waals surface area (Å²) < 4.78 is 27.5. The smallest absolute Gasteiger partial charge is 0.264 e. The number of likely N-dealkylation sites (N-methyl/N-ethyl adjacent to an activating group) is 1. The molecule has 0 aromatic heterocycles. The number of carbonyl (C=O) groups is 1. The van der Waals surface area contributed by atoms with Gasteiger partial charge in [0.05, 0.1) is 10.6 Å². The Bertz CT molecular complexity index is 951. The molecule has 2 aromatic rings. The fraction of sp³-hybridized carbons (Fsp3) is 0.381. The molecule has 1 amide bonds. The van der Waals surface area contributed by atoms with Crippen LogP contribution in [-0.2, 0) is 10.0 Å². The van der Waals surface area contributed by atoms with Crippen molar-refractivity contribution in [3.8, 4) is 0 Å². The van der Waals surface area contributed by atoms with E-state index in [4.69, 9.17) is 0 Å². The van der Waals surface area contributed by atoms with Crippen molar-refractivity contribution in [3.63, 3.8) is 0 Å². The molecule has 1 aliphatic heterocycles. The average Bonchev–Trinajstić information content (AvgIpc) is 2.73. The van der Waals surface area contributed by atoms with Gasteiger partial charge in [0.15, 0.2) is 0 Å². The zero-order valence-corrected chi connectivity index (χ0v) is 17.4. The van der Waals surface area contributed by atoms with E-state index in [0.717, 1.165) is 25.2 Å². The van der Waals surface area contributed by atoms with E-state index in [0.29, 0.717) is 24.3 Å². The minimum Gasteiger partial charge on any atom is -0.336 e. The van der Waals surface area contributed by atoms with Crippen molar-refractivity contribution in [2.45, 2.75) is 18.7 Å². The fourth-order valence-corrected chi connectivity index (χ4v) is 4.75. The number of piperazine rings is 1. The molecule has 3 rings (SSSR count). The van der Waals surface area contributed by atoms with E-state index in [1.54, 1.807) is 23.1 Å². The second-order valence-corrected chi connectivity index (χ2v) is 8.98. The van der Waals surface area contributed by atoms with Gasteiger partial charge in [-0.2, -0.15) is 0 Å². The van der Waals surface area contributed by atoms with Crippen LogP contribution in [0.5, 0.6) is 0 Å². The van der Waals surface area contributed by atoms with Crippen LogP contribution in [0.15, 0.2) is 53.4 Å². The molecule has 0 atom stereocenters. The fourth-order valence-electron chi connectivity index (χ4n) is 3.44. The molecule has 0 spiro atoms. The van der Waals surface area contributed by atoms with E-state index in [2.05, 4.69) is 11.8 Å². The largest absolute Gasteiger partial charge is 0.336 e. The number of rotatable bonds is 5. The van der Waals surface area contributed by atoms with Crippen LogP contribution in [0.25, 0.3) is 0 Å². The molecule has 6 nitrogen and oxygen atoms in total. The van der Waals surface area contributed by atoms with Gasteiger partial charge < -0.3 is 9.80 Å². The number of amides is 1.